The number of piperazine rings is 1. The van der Waals surface area contributed by atoms with Gasteiger partial charge in [0.05, 0.1) is 18.1 Å². The van der Waals surface area contributed by atoms with Crippen LogP contribution in [0.25, 0.3) is 0 Å². The largest absolute Gasteiger partial charge is 0.490 e. The summed E-state index contributed by atoms with van der Waals surface area (Å²) in [5, 5.41) is 5.43. The van der Waals surface area contributed by atoms with Crippen LogP contribution in [-0.4, -0.2) is 66.2 Å². The fourth-order valence-corrected chi connectivity index (χ4v) is 3.79. The zero-order chi connectivity index (χ0) is 25.2. The molecule has 2 aromatic carbocycles. The lowest BCUT2D eigenvalue weighted by Crippen LogP contribution is -2.60. The lowest BCUT2D eigenvalue weighted by atomic mass is 10.1. The van der Waals surface area contributed by atoms with Crippen molar-refractivity contribution in [2.45, 2.75) is 32.4 Å². The van der Waals surface area contributed by atoms with Crippen molar-refractivity contribution in [3.05, 3.63) is 60.2 Å². The van der Waals surface area contributed by atoms with E-state index < -0.39 is 17.9 Å². The molecule has 35 heavy (non-hydrogen) atoms. The second-order valence-electron chi connectivity index (χ2n) is 8.01. The van der Waals surface area contributed by atoms with Gasteiger partial charge in [0.2, 0.25) is 5.91 Å². The Labute approximate surface area is 209 Å². The SMILES string of the molecule is CC(C)OC(=O)CC1C(=O)NCCN1C(=S)NC(=O)c1ccccc1OCCOc1ccccc1. The fraction of sp³-hybridized carbons (Fsp3) is 0.360. The van der Waals surface area contributed by atoms with Crippen molar-refractivity contribution < 1.29 is 28.6 Å². The van der Waals surface area contributed by atoms with Gasteiger partial charge in [-0.3, -0.25) is 19.7 Å². The number of esters is 1. The molecule has 1 aliphatic heterocycles. The minimum Gasteiger partial charge on any atom is -0.490 e. The van der Waals surface area contributed by atoms with Crippen molar-refractivity contribution in [1.82, 2.24) is 15.5 Å². The van der Waals surface area contributed by atoms with Crippen molar-refractivity contribution in [2.75, 3.05) is 26.3 Å². The van der Waals surface area contributed by atoms with Gasteiger partial charge in [-0.05, 0) is 50.3 Å². The lowest BCUT2D eigenvalue weighted by molar-refractivity contribution is -0.150. The molecule has 0 aliphatic carbocycles. The lowest BCUT2D eigenvalue weighted by Gasteiger charge is -2.36. The predicted octanol–water partition coefficient (Wildman–Crippen LogP) is 2.30. The average molecular weight is 500 g/mol. The molecule has 2 amide bonds. The van der Waals surface area contributed by atoms with Crippen LogP contribution in [-0.2, 0) is 14.3 Å². The third kappa shape index (κ3) is 7.68. The molecule has 10 heteroatoms. The Kier molecular flexibility index (Phi) is 9.42. The highest BCUT2D eigenvalue weighted by atomic mass is 32.1. The molecule has 1 saturated heterocycles. The Morgan fingerprint density at radius 2 is 1.77 bits per heavy atom. The standard InChI is InChI=1S/C25H29N3O6S/c1-17(2)34-22(29)16-20-24(31)26-12-13-28(20)25(35)27-23(30)19-10-6-7-11-21(19)33-15-14-32-18-8-4-3-5-9-18/h3-11,17,20H,12-16H2,1-2H3,(H,26,31)(H,27,30,35). The van der Waals surface area contributed by atoms with E-state index in [1.165, 1.54) is 4.90 Å². The summed E-state index contributed by atoms with van der Waals surface area (Å²) in [5.74, 6) is -0.250. The minimum absolute atomic E-state index is 0.0504. The van der Waals surface area contributed by atoms with Gasteiger partial charge in [0.15, 0.2) is 5.11 Å². The number of thiocarbonyl (C=S) groups is 1. The Morgan fingerprint density at radius 3 is 2.51 bits per heavy atom. The zero-order valence-corrected chi connectivity index (χ0v) is 20.5. The third-order valence-electron chi connectivity index (χ3n) is 5.02. The molecule has 1 unspecified atom stereocenters. The number of benzene rings is 2. The fourth-order valence-electron chi connectivity index (χ4n) is 3.47. The molecule has 0 saturated carbocycles. The Balaban J connectivity index is 1.60. The molecule has 3 rings (SSSR count). The molecule has 0 radical (unpaired) electrons. The number of nitrogens with zero attached hydrogens (tertiary/aromatic N) is 1. The summed E-state index contributed by atoms with van der Waals surface area (Å²) in [6, 6.07) is 15.2. The van der Waals surface area contributed by atoms with E-state index in [0.717, 1.165) is 5.75 Å². The third-order valence-corrected chi connectivity index (χ3v) is 5.36. The highest BCUT2D eigenvalue weighted by molar-refractivity contribution is 7.80. The minimum atomic E-state index is -0.871. The Hall–Kier alpha value is -3.66. The van der Waals surface area contributed by atoms with Gasteiger partial charge in [0.1, 0.15) is 30.8 Å². The molecular weight excluding hydrogens is 470 g/mol. The quantitative estimate of drug-likeness (QED) is 0.308. The average Bonchev–Trinajstić information content (AvgIpc) is 2.83. The summed E-state index contributed by atoms with van der Waals surface area (Å²) >= 11 is 5.43. The monoisotopic (exact) mass is 499 g/mol. The van der Waals surface area contributed by atoms with E-state index in [4.69, 9.17) is 26.4 Å². The summed E-state index contributed by atoms with van der Waals surface area (Å²) in [5.41, 5.74) is 0.284. The maximum atomic E-state index is 13.0. The summed E-state index contributed by atoms with van der Waals surface area (Å²) in [4.78, 5) is 39.1. The highest BCUT2D eigenvalue weighted by Crippen LogP contribution is 2.19. The number of para-hydroxylation sites is 2. The van der Waals surface area contributed by atoms with E-state index in [1.807, 2.05) is 30.3 Å². The number of carbonyl (C=O) groups excluding carboxylic acids is 3. The first-order valence-electron chi connectivity index (χ1n) is 11.3. The Morgan fingerprint density at radius 1 is 1.09 bits per heavy atom. The van der Waals surface area contributed by atoms with Crippen LogP contribution in [0.5, 0.6) is 11.5 Å². The second-order valence-corrected chi connectivity index (χ2v) is 8.40. The smallest absolute Gasteiger partial charge is 0.308 e. The Bertz CT molecular complexity index is 1050. The van der Waals surface area contributed by atoms with Crippen LogP contribution < -0.4 is 20.1 Å². The van der Waals surface area contributed by atoms with Gasteiger partial charge < -0.3 is 24.4 Å². The van der Waals surface area contributed by atoms with Crippen molar-refractivity contribution in [3.8, 4) is 11.5 Å². The van der Waals surface area contributed by atoms with Crippen LogP contribution in [0.2, 0.25) is 0 Å². The van der Waals surface area contributed by atoms with Gasteiger partial charge >= 0.3 is 5.97 Å². The normalized spacial score (nSPS) is 15.2. The highest BCUT2D eigenvalue weighted by Gasteiger charge is 2.34. The van der Waals surface area contributed by atoms with E-state index in [2.05, 4.69) is 10.6 Å². The molecule has 2 aromatic rings. The molecule has 1 fully saturated rings. The molecule has 2 N–H and O–H groups in total. The summed E-state index contributed by atoms with van der Waals surface area (Å²) in [6.45, 7) is 4.68. The van der Waals surface area contributed by atoms with E-state index >= 15 is 0 Å². The van der Waals surface area contributed by atoms with Gasteiger partial charge in [-0.15, -0.1) is 0 Å². The van der Waals surface area contributed by atoms with Crippen LogP contribution in [0.4, 0.5) is 0 Å². The molecule has 1 aliphatic rings. The van der Waals surface area contributed by atoms with Crippen LogP contribution in [0.3, 0.4) is 0 Å². The number of hydrogen-bond donors (Lipinski definition) is 2. The number of nitrogens with one attached hydrogen (secondary N) is 2. The van der Waals surface area contributed by atoms with Crippen molar-refractivity contribution in [1.29, 1.82) is 0 Å². The first kappa shape index (κ1) is 26.0. The van der Waals surface area contributed by atoms with Gasteiger partial charge in [-0.25, -0.2) is 0 Å². The number of carbonyl (C=O) groups is 3. The van der Waals surface area contributed by atoms with Crippen molar-refractivity contribution >= 4 is 35.1 Å². The number of ether oxygens (including phenoxy) is 3. The number of hydrogen-bond acceptors (Lipinski definition) is 7. The summed E-state index contributed by atoms with van der Waals surface area (Å²) in [6.07, 6.45) is -0.481. The predicted molar refractivity (Wildman–Crippen MR) is 133 cm³/mol. The van der Waals surface area contributed by atoms with Gasteiger partial charge in [-0.2, -0.15) is 0 Å². The molecule has 0 bridgehead atoms. The van der Waals surface area contributed by atoms with Crippen LogP contribution in [0.1, 0.15) is 30.6 Å². The van der Waals surface area contributed by atoms with E-state index in [9.17, 15) is 14.4 Å². The molecule has 0 spiro atoms. The first-order valence-corrected chi connectivity index (χ1v) is 11.7. The molecule has 1 heterocycles. The van der Waals surface area contributed by atoms with E-state index in [1.54, 1.807) is 38.1 Å². The van der Waals surface area contributed by atoms with Crippen LogP contribution in [0, 0.1) is 0 Å². The second kappa shape index (κ2) is 12.7. The maximum Gasteiger partial charge on any atom is 0.308 e. The van der Waals surface area contributed by atoms with Crippen molar-refractivity contribution in [2.24, 2.45) is 0 Å². The molecule has 0 aromatic heterocycles. The molecule has 1 atom stereocenters. The first-order chi connectivity index (χ1) is 16.8. The molecule has 186 valence electrons. The van der Waals surface area contributed by atoms with Crippen molar-refractivity contribution in [3.63, 3.8) is 0 Å². The summed E-state index contributed by atoms with van der Waals surface area (Å²) < 4.78 is 16.6. The van der Waals surface area contributed by atoms with Crippen LogP contribution in [0.15, 0.2) is 54.6 Å². The van der Waals surface area contributed by atoms with Gasteiger partial charge in [0.25, 0.3) is 5.91 Å². The van der Waals surface area contributed by atoms with E-state index in [0.29, 0.717) is 25.4 Å². The summed E-state index contributed by atoms with van der Waals surface area (Å²) in [7, 11) is 0. The van der Waals surface area contributed by atoms with E-state index in [-0.39, 0.29) is 35.7 Å². The number of rotatable bonds is 9. The van der Waals surface area contributed by atoms with Gasteiger partial charge in [-0.1, -0.05) is 30.3 Å². The maximum absolute atomic E-state index is 13.0. The molecule has 9 nitrogen and oxygen atoms in total. The number of amides is 2. The topological polar surface area (TPSA) is 106 Å². The zero-order valence-electron chi connectivity index (χ0n) is 19.7. The molecular formula is C25H29N3O6S. The van der Waals surface area contributed by atoms with Crippen LogP contribution >= 0.6 is 12.2 Å². The van der Waals surface area contributed by atoms with Gasteiger partial charge in [0, 0.05) is 13.1 Å².